The normalized spacial score (nSPS) is 20.4. The number of likely N-dealkylation sites (N-methyl/N-ethyl adjacent to an activating group) is 1. The van der Waals surface area contributed by atoms with E-state index in [0.29, 0.717) is 12.2 Å². The van der Waals surface area contributed by atoms with Crippen LogP contribution >= 0.6 is 11.6 Å². The molecule has 1 aliphatic rings. The summed E-state index contributed by atoms with van der Waals surface area (Å²) in [6.07, 6.45) is -2.81. The zero-order valence-electron chi connectivity index (χ0n) is 17.0. The summed E-state index contributed by atoms with van der Waals surface area (Å²) in [6, 6.07) is 4.41. The SMILES string of the molecule is C[C@@H]1CN(CCN(C)c2cnn(-c3cccc(C(F)(F)F)c3)c(=O)c2Cl)C[C@H](C)O1. The Morgan fingerprint density at radius 3 is 2.57 bits per heavy atom. The lowest BCUT2D eigenvalue weighted by molar-refractivity contribution is -0.137. The molecule has 164 valence electrons. The Hall–Kier alpha value is -2.10. The Balaban J connectivity index is 1.77. The highest BCUT2D eigenvalue weighted by Crippen LogP contribution is 2.30. The number of alkyl halides is 3. The van der Waals surface area contributed by atoms with Crippen molar-refractivity contribution in [3.05, 3.63) is 51.4 Å². The summed E-state index contributed by atoms with van der Waals surface area (Å²) < 4.78 is 45.5. The van der Waals surface area contributed by atoms with E-state index in [1.165, 1.54) is 18.3 Å². The van der Waals surface area contributed by atoms with Crippen molar-refractivity contribution in [2.24, 2.45) is 0 Å². The van der Waals surface area contributed by atoms with Gasteiger partial charge in [-0.3, -0.25) is 9.69 Å². The van der Waals surface area contributed by atoms with E-state index < -0.39 is 17.3 Å². The van der Waals surface area contributed by atoms with Crippen molar-refractivity contribution in [2.75, 3.05) is 38.1 Å². The van der Waals surface area contributed by atoms with Crippen molar-refractivity contribution >= 4 is 17.3 Å². The van der Waals surface area contributed by atoms with Gasteiger partial charge in [-0.25, -0.2) is 0 Å². The summed E-state index contributed by atoms with van der Waals surface area (Å²) in [6.45, 7) is 7.05. The second-order valence-electron chi connectivity index (χ2n) is 7.55. The molecule has 2 atom stereocenters. The maximum absolute atomic E-state index is 13.0. The molecule has 2 heterocycles. The highest BCUT2D eigenvalue weighted by atomic mass is 35.5. The lowest BCUT2D eigenvalue weighted by Crippen LogP contribution is -2.47. The highest BCUT2D eigenvalue weighted by Gasteiger charge is 2.31. The third-order valence-electron chi connectivity index (χ3n) is 4.98. The van der Waals surface area contributed by atoms with Gasteiger partial charge in [0.1, 0.15) is 5.02 Å². The summed E-state index contributed by atoms with van der Waals surface area (Å²) in [5.74, 6) is 0. The fourth-order valence-corrected chi connectivity index (χ4v) is 3.84. The van der Waals surface area contributed by atoms with Crippen molar-refractivity contribution in [3.63, 3.8) is 0 Å². The summed E-state index contributed by atoms with van der Waals surface area (Å²) >= 11 is 6.27. The van der Waals surface area contributed by atoms with Crippen LogP contribution in [0.1, 0.15) is 19.4 Å². The number of anilines is 1. The van der Waals surface area contributed by atoms with Gasteiger partial charge < -0.3 is 9.64 Å². The van der Waals surface area contributed by atoms with Crippen LogP contribution in [0.4, 0.5) is 18.9 Å². The average molecular weight is 445 g/mol. The van der Waals surface area contributed by atoms with Gasteiger partial charge in [-0.2, -0.15) is 23.0 Å². The Morgan fingerprint density at radius 2 is 1.93 bits per heavy atom. The van der Waals surface area contributed by atoms with Gasteiger partial charge in [0.25, 0.3) is 5.56 Å². The fourth-order valence-electron chi connectivity index (χ4n) is 3.57. The molecule has 6 nitrogen and oxygen atoms in total. The lowest BCUT2D eigenvalue weighted by atomic mass is 10.2. The zero-order valence-corrected chi connectivity index (χ0v) is 17.7. The standard InChI is InChI=1S/C20H24ClF3N4O2/c1-13-11-27(12-14(2)30-13)8-7-26(3)17-10-25-28(19(29)18(17)21)16-6-4-5-15(9-16)20(22,23)24/h4-6,9-10,13-14H,7-8,11-12H2,1-3H3/t13-,14+. The maximum atomic E-state index is 13.0. The molecular formula is C20H24ClF3N4O2. The maximum Gasteiger partial charge on any atom is 0.416 e. The molecule has 0 unspecified atom stereocenters. The van der Waals surface area contributed by atoms with E-state index in [2.05, 4.69) is 10.00 Å². The summed E-state index contributed by atoms with van der Waals surface area (Å²) in [7, 11) is 1.80. The van der Waals surface area contributed by atoms with Crippen LogP contribution < -0.4 is 10.5 Å². The number of halogens is 4. The molecule has 1 fully saturated rings. The Bertz CT molecular complexity index is 940. The molecule has 3 rings (SSSR count). The van der Waals surface area contributed by atoms with Gasteiger partial charge in [-0.05, 0) is 32.0 Å². The first-order valence-corrected chi connectivity index (χ1v) is 9.98. The number of hydrogen-bond acceptors (Lipinski definition) is 5. The van der Waals surface area contributed by atoms with Crippen molar-refractivity contribution in [1.82, 2.24) is 14.7 Å². The zero-order chi connectivity index (χ0) is 22.1. The van der Waals surface area contributed by atoms with Crippen LogP contribution in [0.15, 0.2) is 35.3 Å². The average Bonchev–Trinajstić information content (AvgIpc) is 2.67. The number of morpholine rings is 1. The minimum Gasteiger partial charge on any atom is -0.373 e. The number of hydrogen-bond donors (Lipinski definition) is 0. The predicted molar refractivity (Wildman–Crippen MR) is 110 cm³/mol. The van der Waals surface area contributed by atoms with Crippen molar-refractivity contribution in [1.29, 1.82) is 0 Å². The van der Waals surface area contributed by atoms with E-state index >= 15 is 0 Å². The first-order valence-electron chi connectivity index (χ1n) is 9.60. The molecule has 0 N–H and O–H groups in total. The summed E-state index contributed by atoms with van der Waals surface area (Å²) in [4.78, 5) is 16.8. The molecule has 0 saturated carbocycles. The van der Waals surface area contributed by atoms with Crippen LogP contribution in [-0.4, -0.2) is 60.1 Å². The lowest BCUT2D eigenvalue weighted by Gasteiger charge is -2.36. The number of rotatable bonds is 5. The second kappa shape index (κ2) is 8.95. The molecule has 0 aliphatic carbocycles. The van der Waals surface area contributed by atoms with E-state index in [1.54, 1.807) is 7.05 Å². The van der Waals surface area contributed by atoms with Crippen molar-refractivity contribution in [3.8, 4) is 5.69 Å². The van der Waals surface area contributed by atoms with Crippen LogP contribution in [0.25, 0.3) is 5.69 Å². The number of benzene rings is 1. The van der Waals surface area contributed by atoms with E-state index in [1.807, 2.05) is 18.7 Å². The van der Waals surface area contributed by atoms with Crippen LogP contribution in [0.2, 0.25) is 5.02 Å². The van der Waals surface area contributed by atoms with Gasteiger partial charge >= 0.3 is 6.18 Å². The summed E-state index contributed by atoms with van der Waals surface area (Å²) in [5.41, 5.74) is -1.10. The fraction of sp³-hybridized carbons (Fsp3) is 0.500. The topological polar surface area (TPSA) is 50.6 Å². The Morgan fingerprint density at radius 1 is 1.27 bits per heavy atom. The molecule has 10 heteroatoms. The van der Waals surface area contributed by atoms with Crippen LogP contribution in [0, 0.1) is 0 Å². The third-order valence-corrected chi connectivity index (χ3v) is 5.33. The molecule has 2 aromatic rings. The summed E-state index contributed by atoms with van der Waals surface area (Å²) in [5, 5.41) is 3.96. The molecule has 0 bridgehead atoms. The molecule has 0 radical (unpaired) electrons. The molecule has 30 heavy (non-hydrogen) atoms. The predicted octanol–water partition coefficient (Wildman–Crippen LogP) is 3.45. The second-order valence-corrected chi connectivity index (χ2v) is 7.93. The number of aromatic nitrogens is 2. The monoisotopic (exact) mass is 444 g/mol. The molecular weight excluding hydrogens is 421 g/mol. The highest BCUT2D eigenvalue weighted by molar-refractivity contribution is 6.33. The quantitative estimate of drug-likeness (QED) is 0.707. The third kappa shape index (κ3) is 5.14. The first-order chi connectivity index (χ1) is 14.1. The molecule has 0 spiro atoms. The van der Waals surface area contributed by atoms with Crippen molar-refractivity contribution in [2.45, 2.75) is 32.2 Å². The minimum atomic E-state index is -4.52. The first kappa shape index (κ1) is 22.6. The van der Waals surface area contributed by atoms with Crippen molar-refractivity contribution < 1.29 is 17.9 Å². The van der Waals surface area contributed by atoms with Crippen LogP contribution in [0.3, 0.4) is 0 Å². The van der Waals surface area contributed by atoms with Gasteiger partial charge in [0.05, 0.1) is 35.3 Å². The molecule has 0 amide bonds. The molecule has 1 saturated heterocycles. The molecule has 1 aromatic heterocycles. The van der Waals surface area contributed by atoms with Gasteiger partial charge in [-0.1, -0.05) is 17.7 Å². The number of ether oxygens (including phenoxy) is 1. The Labute approximate surface area is 177 Å². The molecule has 1 aliphatic heterocycles. The van der Waals surface area contributed by atoms with Gasteiger partial charge in [0.2, 0.25) is 0 Å². The smallest absolute Gasteiger partial charge is 0.373 e. The van der Waals surface area contributed by atoms with E-state index in [0.717, 1.165) is 36.4 Å². The number of nitrogens with zero attached hydrogens (tertiary/aromatic N) is 4. The van der Waals surface area contributed by atoms with E-state index in [9.17, 15) is 18.0 Å². The largest absolute Gasteiger partial charge is 0.416 e. The van der Waals surface area contributed by atoms with Gasteiger partial charge in [0.15, 0.2) is 0 Å². The Kier molecular flexibility index (Phi) is 6.74. The van der Waals surface area contributed by atoms with Crippen LogP contribution in [0.5, 0.6) is 0 Å². The van der Waals surface area contributed by atoms with E-state index in [4.69, 9.17) is 16.3 Å². The van der Waals surface area contributed by atoms with Gasteiger partial charge in [-0.15, -0.1) is 0 Å². The molecule has 1 aromatic carbocycles. The minimum absolute atomic E-state index is 0.00206. The van der Waals surface area contributed by atoms with Gasteiger partial charge in [0, 0.05) is 33.2 Å². The van der Waals surface area contributed by atoms with E-state index in [-0.39, 0.29) is 22.9 Å². The van der Waals surface area contributed by atoms with Crippen LogP contribution in [-0.2, 0) is 10.9 Å².